The number of nitrogens with zero attached hydrogens (tertiary/aromatic N) is 3. The Morgan fingerprint density at radius 3 is 2.56 bits per heavy atom. The minimum absolute atomic E-state index is 0.0987. The van der Waals surface area contributed by atoms with Crippen molar-refractivity contribution in [3.8, 4) is 11.4 Å². The highest BCUT2D eigenvalue weighted by atomic mass is 19.1. The van der Waals surface area contributed by atoms with Gasteiger partial charge >= 0.3 is 0 Å². The lowest BCUT2D eigenvalue weighted by Crippen LogP contribution is -2.44. The number of methoxy groups -OCH3 is 1. The highest BCUT2D eigenvalue weighted by Gasteiger charge is 2.24. The maximum absolute atomic E-state index is 13.3. The van der Waals surface area contributed by atoms with Crippen molar-refractivity contribution in [3.63, 3.8) is 0 Å². The second-order valence-corrected chi connectivity index (χ2v) is 8.08. The Balaban J connectivity index is 1.36. The van der Waals surface area contributed by atoms with Gasteiger partial charge in [-0.05, 0) is 49.6 Å². The standard InChI is InChI=1S/C25H29FN4O2/c1-3-23-22(16-27-30(23)21-10-8-19(26)9-11-21)25(31)28-20-12-14-29(15-13-20)17-18-6-4-5-7-24(18)32-2/h4-11,16,20H,3,12-15,17H2,1-2H3,(H,28,31). The molecule has 32 heavy (non-hydrogen) atoms. The first kappa shape index (κ1) is 22.0. The van der Waals surface area contributed by atoms with Gasteiger partial charge in [0.05, 0.1) is 30.3 Å². The Morgan fingerprint density at radius 1 is 1.16 bits per heavy atom. The van der Waals surface area contributed by atoms with E-state index in [2.05, 4.69) is 21.4 Å². The van der Waals surface area contributed by atoms with Gasteiger partial charge in [0.1, 0.15) is 11.6 Å². The number of amides is 1. The predicted octanol–water partition coefficient (Wildman–Crippen LogP) is 3.98. The molecule has 168 valence electrons. The average Bonchev–Trinajstić information content (AvgIpc) is 3.25. The second kappa shape index (κ2) is 9.96. The van der Waals surface area contributed by atoms with Crippen LogP contribution in [0.1, 0.15) is 41.4 Å². The molecule has 1 saturated heterocycles. The minimum atomic E-state index is -0.297. The molecule has 1 amide bonds. The number of benzene rings is 2. The first-order chi connectivity index (χ1) is 15.6. The summed E-state index contributed by atoms with van der Waals surface area (Å²) in [7, 11) is 1.70. The molecule has 1 N–H and O–H groups in total. The number of carbonyl (C=O) groups excluding carboxylic acids is 1. The van der Waals surface area contributed by atoms with Crippen molar-refractivity contribution < 1.29 is 13.9 Å². The molecule has 1 aliphatic heterocycles. The number of piperidine rings is 1. The molecule has 0 aliphatic carbocycles. The normalized spacial score (nSPS) is 15.0. The van der Waals surface area contributed by atoms with Crippen molar-refractivity contribution in [2.75, 3.05) is 20.2 Å². The van der Waals surface area contributed by atoms with Gasteiger partial charge in [-0.25, -0.2) is 9.07 Å². The molecule has 0 radical (unpaired) electrons. The summed E-state index contributed by atoms with van der Waals surface area (Å²) < 4.78 is 20.4. The summed E-state index contributed by atoms with van der Waals surface area (Å²) in [5.41, 5.74) is 3.32. The number of halogens is 1. The zero-order chi connectivity index (χ0) is 22.5. The Hall–Kier alpha value is -3.19. The summed E-state index contributed by atoms with van der Waals surface area (Å²) in [6.45, 7) is 4.66. The van der Waals surface area contributed by atoms with Crippen molar-refractivity contribution in [2.45, 2.75) is 38.8 Å². The molecule has 0 atom stereocenters. The second-order valence-electron chi connectivity index (χ2n) is 8.08. The van der Waals surface area contributed by atoms with Crippen LogP contribution in [0.3, 0.4) is 0 Å². The number of rotatable bonds is 7. The summed E-state index contributed by atoms with van der Waals surface area (Å²) in [6.07, 6.45) is 4.05. The SMILES string of the molecule is CCc1c(C(=O)NC2CCN(Cc3ccccc3OC)CC2)cnn1-c1ccc(F)cc1. The molecular formula is C25H29FN4O2. The monoisotopic (exact) mass is 436 g/mol. The predicted molar refractivity (Wildman–Crippen MR) is 122 cm³/mol. The van der Waals surface area contributed by atoms with E-state index >= 15 is 0 Å². The zero-order valence-electron chi connectivity index (χ0n) is 18.6. The van der Waals surface area contributed by atoms with Crippen LogP contribution in [0, 0.1) is 5.82 Å². The van der Waals surface area contributed by atoms with Gasteiger partial charge in [-0.3, -0.25) is 9.69 Å². The average molecular weight is 437 g/mol. The first-order valence-electron chi connectivity index (χ1n) is 11.1. The molecule has 2 heterocycles. The van der Waals surface area contributed by atoms with E-state index in [1.54, 1.807) is 30.1 Å². The Bertz CT molecular complexity index is 1060. The van der Waals surface area contributed by atoms with Crippen molar-refractivity contribution in [3.05, 3.63) is 77.4 Å². The lowest BCUT2D eigenvalue weighted by atomic mass is 10.0. The first-order valence-corrected chi connectivity index (χ1v) is 11.1. The number of hydrogen-bond acceptors (Lipinski definition) is 4. The molecular weight excluding hydrogens is 407 g/mol. The van der Waals surface area contributed by atoms with Gasteiger partial charge in [0, 0.05) is 31.2 Å². The van der Waals surface area contributed by atoms with Crippen molar-refractivity contribution in [1.29, 1.82) is 0 Å². The summed E-state index contributed by atoms with van der Waals surface area (Å²) in [6, 6.07) is 14.4. The minimum Gasteiger partial charge on any atom is -0.496 e. The summed E-state index contributed by atoms with van der Waals surface area (Å²) in [5, 5.41) is 7.58. The number of ether oxygens (including phenoxy) is 1. The van der Waals surface area contributed by atoms with Crippen LogP contribution >= 0.6 is 0 Å². The highest BCUT2D eigenvalue weighted by molar-refractivity contribution is 5.95. The fourth-order valence-corrected chi connectivity index (χ4v) is 4.28. The zero-order valence-corrected chi connectivity index (χ0v) is 18.6. The molecule has 2 aromatic carbocycles. The van der Waals surface area contributed by atoms with Crippen molar-refractivity contribution >= 4 is 5.91 Å². The van der Waals surface area contributed by atoms with Crippen LogP contribution in [0.4, 0.5) is 4.39 Å². The van der Waals surface area contributed by atoms with E-state index in [1.807, 2.05) is 25.1 Å². The van der Waals surface area contributed by atoms with E-state index in [0.29, 0.717) is 12.0 Å². The summed E-state index contributed by atoms with van der Waals surface area (Å²) >= 11 is 0. The Kier molecular flexibility index (Phi) is 6.85. The lowest BCUT2D eigenvalue weighted by molar-refractivity contribution is 0.0908. The topological polar surface area (TPSA) is 59.4 Å². The molecule has 1 aromatic heterocycles. The Morgan fingerprint density at radius 2 is 1.88 bits per heavy atom. The number of para-hydroxylation sites is 1. The van der Waals surface area contributed by atoms with Gasteiger partial charge in [0.25, 0.3) is 5.91 Å². The van der Waals surface area contributed by atoms with Crippen LogP contribution < -0.4 is 10.1 Å². The largest absolute Gasteiger partial charge is 0.496 e. The van der Waals surface area contributed by atoms with Gasteiger partial charge in [-0.2, -0.15) is 5.10 Å². The van der Waals surface area contributed by atoms with Crippen molar-refractivity contribution in [2.24, 2.45) is 0 Å². The third kappa shape index (κ3) is 4.83. The number of likely N-dealkylation sites (tertiary alicyclic amines) is 1. The van der Waals surface area contributed by atoms with E-state index in [4.69, 9.17) is 4.74 Å². The maximum atomic E-state index is 13.3. The quantitative estimate of drug-likeness (QED) is 0.609. The third-order valence-electron chi connectivity index (χ3n) is 6.03. The number of carbonyl (C=O) groups is 1. The van der Waals surface area contributed by atoms with Crippen LogP contribution in [0.5, 0.6) is 5.75 Å². The molecule has 0 saturated carbocycles. The van der Waals surface area contributed by atoms with Gasteiger partial charge in [0.2, 0.25) is 0 Å². The molecule has 6 nitrogen and oxygen atoms in total. The van der Waals surface area contributed by atoms with Crippen LogP contribution in [0.15, 0.2) is 54.7 Å². The van der Waals surface area contributed by atoms with Crippen LogP contribution in [0.25, 0.3) is 5.69 Å². The molecule has 0 bridgehead atoms. The van der Waals surface area contributed by atoms with Gasteiger partial charge in [0.15, 0.2) is 0 Å². The van der Waals surface area contributed by atoms with Gasteiger partial charge in [-0.1, -0.05) is 25.1 Å². The number of hydrogen-bond donors (Lipinski definition) is 1. The highest BCUT2D eigenvalue weighted by Crippen LogP contribution is 2.22. The fraction of sp³-hybridized carbons (Fsp3) is 0.360. The van der Waals surface area contributed by atoms with E-state index < -0.39 is 0 Å². The molecule has 4 rings (SSSR count). The Labute approximate surface area is 188 Å². The molecule has 3 aromatic rings. The smallest absolute Gasteiger partial charge is 0.254 e. The molecule has 0 spiro atoms. The molecule has 7 heteroatoms. The van der Waals surface area contributed by atoms with Crippen LogP contribution in [0.2, 0.25) is 0 Å². The van der Waals surface area contributed by atoms with E-state index in [-0.39, 0.29) is 17.8 Å². The maximum Gasteiger partial charge on any atom is 0.254 e. The third-order valence-corrected chi connectivity index (χ3v) is 6.03. The molecule has 1 fully saturated rings. The molecule has 1 aliphatic rings. The van der Waals surface area contributed by atoms with Gasteiger partial charge < -0.3 is 10.1 Å². The number of aromatic nitrogens is 2. The van der Waals surface area contributed by atoms with Crippen LogP contribution in [-0.2, 0) is 13.0 Å². The summed E-state index contributed by atoms with van der Waals surface area (Å²) in [5.74, 6) is 0.514. The van der Waals surface area contributed by atoms with Crippen molar-refractivity contribution in [1.82, 2.24) is 20.0 Å². The van der Waals surface area contributed by atoms with Gasteiger partial charge in [-0.15, -0.1) is 0 Å². The van der Waals surface area contributed by atoms with E-state index in [9.17, 15) is 9.18 Å². The number of nitrogens with one attached hydrogen (secondary N) is 1. The van der Waals surface area contributed by atoms with E-state index in [1.165, 1.54) is 17.7 Å². The van der Waals surface area contributed by atoms with Crippen LogP contribution in [-0.4, -0.2) is 46.8 Å². The molecule has 0 unspecified atom stereocenters. The van der Waals surface area contributed by atoms with E-state index in [0.717, 1.165) is 49.6 Å². The summed E-state index contributed by atoms with van der Waals surface area (Å²) in [4.78, 5) is 15.4. The fourth-order valence-electron chi connectivity index (χ4n) is 4.28. The lowest BCUT2D eigenvalue weighted by Gasteiger charge is -2.32.